The van der Waals surface area contributed by atoms with Gasteiger partial charge >= 0.3 is 4.87 Å². The highest BCUT2D eigenvalue weighted by atomic mass is 32.1. The second kappa shape index (κ2) is 12.7. The van der Waals surface area contributed by atoms with Gasteiger partial charge in [0.1, 0.15) is 22.9 Å². The molecule has 2 saturated heterocycles. The summed E-state index contributed by atoms with van der Waals surface area (Å²) in [7, 11) is 0. The van der Waals surface area contributed by atoms with Crippen molar-refractivity contribution in [2.24, 2.45) is 0 Å². The lowest BCUT2D eigenvalue weighted by molar-refractivity contribution is -0.0922. The average molecular weight is 608 g/mol. The SMILES string of the molecule is Cc1ccnc(N2CCOC3(CCN(Cc4cc(F)cc(CCNCC(O)c5ccc(O)c6[nH]c(=O)sc56)c4)CC3)C2)c1. The molecule has 4 aromatic rings. The number of rotatable bonds is 9. The highest BCUT2D eigenvalue weighted by Gasteiger charge is 2.40. The first-order valence-corrected chi connectivity index (χ1v) is 15.6. The third-order valence-corrected chi connectivity index (χ3v) is 9.47. The maximum Gasteiger partial charge on any atom is 0.305 e. The van der Waals surface area contributed by atoms with Crippen molar-refractivity contribution in [2.75, 3.05) is 50.8 Å². The average Bonchev–Trinajstić information content (AvgIpc) is 3.39. The summed E-state index contributed by atoms with van der Waals surface area (Å²) in [6, 6.07) is 12.5. The number of phenolic OH excluding ortho intramolecular Hbond substituents is 1. The minimum atomic E-state index is -0.853. The number of ether oxygens (including phenoxy) is 1. The number of fused-ring (bicyclic) bond motifs is 1. The number of hydrogen-bond donors (Lipinski definition) is 4. The molecule has 0 radical (unpaired) electrons. The van der Waals surface area contributed by atoms with Gasteiger partial charge in [0.05, 0.1) is 23.0 Å². The number of piperidine rings is 1. The number of aliphatic hydroxyl groups excluding tert-OH is 1. The normalized spacial score (nSPS) is 18.0. The van der Waals surface area contributed by atoms with Crippen LogP contribution >= 0.6 is 11.3 Å². The van der Waals surface area contributed by atoms with Crippen LogP contribution in [0.1, 0.15) is 41.2 Å². The number of hydrogen-bond acceptors (Lipinski definition) is 9. The molecule has 2 aromatic carbocycles. The molecule has 9 nitrogen and oxygen atoms in total. The molecule has 2 aliphatic rings. The Hall–Kier alpha value is -3.35. The minimum absolute atomic E-state index is 0.0205. The molecule has 4 heterocycles. The van der Waals surface area contributed by atoms with Gasteiger partial charge in [0.15, 0.2) is 0 Å². The molecule has 2 aliphatic heterocycles. The topological polar surface area (TPSA) is 114 Å². The number of halogens is 1. The van der Waals surface area contributed by atoms with Gasteiger partial charge in [0.2, 0.25) is 0 Å². The third-order valence-electron chi connectivity index (χ3n) is 8.54. The van der Waals surface area contributed by atoms with Gasteiger partial charge in [-0.3, -0.25) is 9.69 Å². The lowest BCUT2D eigenvalue weighted by atomic mass is 9.89. The maximum atomic E-state index is 14.6. The Morgan fingerprint density at radius 1 is 1.16 bits per heavy atom. The molecule has 1 atom stereocenters. The molecule has 0 amide bonds. The van der Waals surface area contributed by atoms with Crippen LogP contribution in [0.15, 0.2) is 53.5 Å². The predicted molar refractivity (Wildman–Crippen MR) is 166 cm³/mol. The van der Waals surface area contributed by atoms with Gasteiger partial charge in [-0.15, -0.1) is 0 Å². The number of aliphatic hydroxyl groups is 1. The van der Waals surface area contributed by atoms with Crippen LogP contribution in [0, 0.1) is 12.7 Å². The number of nitrogens with one attached hydrogen (secondary N) is 2. The van der Waals surface area contributed by atoms with Crippen LogP contribution in [-0.4, -0.2) is 76.6 Å². The molecule has 0 bridgehead atoms. The number of aromatic hydroxyl groups is 1. The van der Waals surface area contributed by atoms with Crippen LogP contribution in [-0.2, 0) is 17.7 Å². The standard InChI is InChI=1S/C32H38FN5O4S/c1-21-4-9-35-28(14-21)38-12-13-42-32(20-38)6-10-37(11-7-32)19-23-15-22(16-24(33)17-23)5-8-34-18-27(40)25-2-3-26(39)29-30(25)43-31(41)36-29/h2-4,9,14-17,27,34,39-40H,5-8,10-13,18-20H2,1H3,(H,36,41). The molecular weight excluding hydrogens is 569 g/mol. The van der Waals surface area contributed by atoms with Crippen LogP contribution in [0.25, 0.3) is 10.2 Å². The van der Waals surface area contributed by atoms with Gasteiger partial charge in [-0.1, -0.05) is 23.5 Å². The van der Waals surface area contributed by atoms with E-state index >= 15 is 0 Å². The zero-order chi connectivity index (χ0) is 30.0. The van der Waals surface area contributed by atoms with E-state index in [0.29, 0.717) is 41.9 Å². The van der Waals surface area contributed by atoms with Gasteiger partial charge in [-0.2, -0.15) is 0 Å². The summed E-state index contributed by atoms with van der Waals surface area (Å²) < 4.78 is 21.5. The number of aryl methyl sites for hydroxylation is 1. The number of aromatic amines is 1. The molecule has 1 unspecified atom stereocenters. The fraction of sp³-hybridized carbons (Fsp3) is 0.438. The maximum absolute atomic E-state index is 14.6. The molecule has 4 N–H and O–H groups in total. The lowest BCUT2D eigenvalue weighted by Gasteiger charge is -2.47. The van der Waals surface area contributed by atoms with Crippen LogP contribution in [0.5, 0.6) is 5.75 Å². The second-order valence-corrected chi connectivity index (χ2v) is 12.7. The summed E-state index contributed by atoms with van der Waals surface area (Å²) in [6.07, 6.45) is 3.48. The number of phenols is 1. The van der Waals surface area contributed by atoms with Crippen molar-refractivity contribution >= 4 is 27.4 Å². The molecule has 0 saturated carbocycles. The highest BCUT2D eigenvalue weighted by molar-refractivity contribution is 7.16. The van der Waals surface area contributed by atoms with E-state index in [-0.39, 0.29) is 28.6 Å². The number of morpholine rings is 1. The predicted octanol–water partition coefficient (Wildman–Crippen LogP) is 3.87. The van der Waals surface area contributed by atoms with E-state index in [1.54, 1.807) is 18.2 Å². The first-order valence-electron chi connectivity index (χ1n) is 14.8. The largest absolute Gasteiger partial charge is 0.506 e. The molecule has 0 aliphatic carbocycles. The van der Waals surface area contributed by atoms with Crippen molar-refractivity contribution in [1.29, 1.82) is 0 Å². The molecular formula is C32H38FN5O4S. The van der Waals surface area contributed by atoms with E-state index in [2.05, 4.69) is 44.1 Å². The van der Waals surface area contributed by atoms with E-state index in [1.807, 2.05) is 12.3 Å². The van der Waals surface area contributed by atoms with Gasteiger partial charge in [0, 0.05) is 51.0 Å². The molecule has 11 heteroatoms. The quantitative estimate of drug-likeness (QED) is 0.212. The van der Waals surface area contributed by atoms with E-state index in [0.717, 1.165) is 67.3 Å². The van der Waals surface area contributed by atoms with Gasteiger partial charge in [0.25, 0.3) is 0 Å². The van der Waals surface area contributed by atoms with Crippen molar-refractivity contribution < 1.29 is 19.3 Å². The number of thiazole rings is 1. The van der Waals surface area contributed by atoms with Gasteiger partial charge in [-0.05, 0) is 79.8 Å². The molecule has 43 heavy (non-hydrogen) atoms. The number of aromatic nitrogens is 2. The van der Waals surface area contributed by atoms with Crippen LogP contribution < -0.4 is 15.1 Å². The van der Waals surface area contributed by atoms with Crippen molar-refractivity contribution in [1.82, 2.24) is 20.2 Å². The summed E-state index contributed by atoms with van der Waals surface area (Å²) in [6.45, 7) is 7.76. The highest BCUT2D eigenvalue weighted by Crippen LogP contribution is 2.33. The number of likely N-dealkylation sites (tertiary alicyclic amines) is 1. The minimum Gasteiger partial charge on any atom is -0.506 e. The Morgan fingerprint density at radius 2 is 1.98 bits per heavy atom. The summed E-state index contributed by atoms with van der Waals surface area (Å²) in [5.74, 6) is 0.748. The zero-order valence-electron chi connectivity index (χ0n) is 24.3. The number of H-pyrrole nitrogens is 1. The molecule has 2 aromatic heterocycles. The number of anilines is 1. The first kappa shape index (κ1) is 29.7. The Morgan fingerprint density at radius 3 is 2.79 bits per heavy atom. The Kier molecular flexibility index (Phi) is 8.78. The number of nitrogens with zero attached hydrogens (tertiary/aromatic N) is 3. The summed E-state index contributed by atoms with van der Waals surface area (Å²) in [5, 5.41) is 24.0. The fourth-order valence-corrected chi connectivity index (χ4v) is 7.17. The van der Waals surface area contributed by atoms with Crippen molar-refractivity contribution in [3.8, 4) is 5.75 Å². The summed E-state index contributed by atoms with van der Waals surface area (Å²) in [5.41, 5.74) is 3.81. The van der Waals surface area contributed by atoms with Gasteiger partial charge in [-0.25, -0.2) is 9.37 Å². The smallest absolute Gasteiger partial charge is 0.305 e. The van der Waals surface area contributed by atoms with E-state index in [4.69, 9.17) is 4.74 Å². The molecule has 6 rings (SSSR count). The van der Waals surface area contributed by atoms with Crippen LogP contribution in [0.3, 0.4) is 0 Å². The zero-order valence-corrected chi connectivity index (χ0v) is 25.1. The van der Waals surface area contributed by atoms with Crippen LogP contribution in [0.4, 0.5) is 10.2 Å². The summed E-state index contributed by atoms with van der Waals surface area (Å²) >= 11 is 0.964. The molecule has 2 fully saturated rings. The van der Waals surface area contributed by atoms with Crippen molar-refractivity contribution in [3.05, 3.63) is 86.4 Å². The van der Waals surface area contributed by atoms with Crippen LogP contribution in [0.2, 0.25) is 0 Å². The fourth-order valence-electron chi connectivity index (χ4n) is 6.25. The first-order chi connectivity index (χ1) is 20.8. The summed E-state index contributed by atoms with van der Waals surface area (Å²) in [4.78, 5) is 23.4. The van der Waals surface area contributed by atoms with E-state index < -0.39 is 6.10 Å². The van der Waals surface area contributed by atoms with Gasteiger partial charge < -0.3 is 30.2 Å². The number of pyridine rings is 1. The molecule has 228 valence electrons. The Balaban J connectivity index is 0.998. The Labute approximate surface area is 254 Å². The lowest BCUT2D eigenvalue weighted by Crippen LogP contribution is -2.57. The third kappa shape index (κ3) is 6.91. The van der Waals surface area contributed by atoms with Crippen molar-refractivity contribution in [2.45, 2.75) is 44.4 Å². The van der Waals surface area contributed by atoms with E-state index in [9.17, 15) is 19.4 Å². The van der Waals surface area contributed by atoms with E-state index in [1.165, 1.54) is 11.6 Å². The monoisotopic (exact) mass is 607 g/mol. The Bertz CT molecular complexity index is 1630. The molecule has 1 spiro atoms. The second-order valence-electron chi connectivity index (χ2n) is 11.8. The number of benzene rings is 2. The van der Waals surface area contributed by atoms with Crippen molar-refractivity contribution in [3.63, 3.8) is 0 Å².